The minimum absolute atomic E-state index is 0.327. The Morgan fingerprint density at radius 3 is 2.89 bits per heavy atom. The van der Waals surface area contributed by atoms with E-state index in [0.29, 0.717) is 28.9 Å². The Bertz CT molecular complexity index is 590. The van der Waals surface area contributed by atoms with Gasteiger partial charge < -0.3 is 10.1 Å². The van der Waals surface area contributed by atoms with Crippen LogP contribution in [-0.2, 0) is 0 Å². The monoisotopic (exact) mass is 277 g/mol. The minimum Gasteiger partial charge on any atom is -0.478 e. The van der Waals surface area contributed by atoms with E-state index in [1.165, 1.54) is 6.33 Å². The molecule has 1 amide bonds. The van der Waals surface area contributed by atoms with Gasteiger partial charge in [-0.25, -0.2) is 9.97 Å². The summed E-state index contributed by atoms with van der Waals surface area (Å²) in [6.45, 7) is 2.35. The molecule has 1 heterocycles. The van der Waals surface area contributed by atoms with Gasteiger partial charge in [-0.3, -0.25) is 4.79 Å². The summed E-state index contributed by atoms with van der Waals surface area (Å²) in [5.41, 5.74) is 0.390. The molecule has 0 radical (unpaired) electrons. The molecule has 1 N–H and O–H groups in total. The zero-order valence-electron chi connectivity index (χ0n) is 10.3. The predicted molar refractivity (Wildman–Crippen MR) is 72.6 cm³/mol. The molecule has 19 heavy (non-hydrogen) atoms. The SMILES string of the molecule is CCOc1cc(NC(=O)c2ccccc2Cl)ncn1. The molecular weight excluding hydrogens is 266 g/mol. The van der Waals surface area contributed by atoms with Crippen LogP contribution in [0.15, 0.2) is 36.7 Å². The van der Waals surface area contributed by atoms with E-state index in [4.69, 9.17) is 16.3 Å². The first kappa shape index (κ1) is 13.3. The van der Waals surface area contributed by atoms with Gasteiger partial charge in [0.2, 0.25) is 5.88 Å². The van der Waals surface area contributed by atoms with E-state index in [1.54, 1.807) is 30.3 Å². The Morgan fingerprint density at radius 1 is 1.37 bits per heavy atom. The maximum atomic E-state index is 12.0. The molecule has 0 aliphatic carbocycles. The number of aromatic nitrogens is 2. The summed E-state index contributed by atoms with van der Waals surface area (Å²) < 4.78 is 5.23. The molecule has 98 valence electrons. The van der Waals surface area contributed by atoms with Crippen molar-refractivity contribution in [2.24, 2.45) is 0 Å². The Balaban J connectivity index is 2.15. The van der Waals surface area contributed by atoms with Crippen molar-refractivity contribution in [3.8, 4) is 5.88 Å². The van der Waals surface area contributed by atoms with Crippen LogP contribution in [0.1, 0.15) is 17.3 Å². The highest BCUT2D eigenvalue weighted by atomic mass is 35.5. The molecule has 1 aromatic carbocycles. The minimum atomic E-state index is -0.327. The molecule has 0 saturated carbocycles. The maximum absolute atomic E-state index is 12.0. The van der Waals surface area contributed by atoms with E-state index in [1.807, 2.05) is 6.92 Å². The summed E-state index contributed by atoms with van der Waals surface area (Å²) in [6.07, 6.45) is 1.33. The summed E-state index contributed by atoms with van der Waals surface area (Å²) in [5.74, 6) is 0.446. The van der Waals surface area contributed by atoms with Crippen molar-refractivity contribution >= 4 is 23.3 Å². The van der Waals surface area contributed by atoms with Crippen LogP contribution in [-0.4, -0.2) is 22.5 Å². The maximum Gasteiger partial charge on any atom is 0.258 e. The summed E-state index contributed by atoms with van der Waals surface area (Å²) >= 11 is 5.95. The van der Waals surface area contributed by atoms with Gasteiger partial charge in [0.25, 0.3) is 5.91 Å². The van der Waals surface area contributed by atoms with Crippen molar-refractivity contribution in [2.75, 3.05) is 11.9 Å². The van der Waals surface area contributed by atoms with E-state index in [9.17, 15) is 4.79 Å². The van der Waals surface area contributed by atoms with Gasteiger partial charge >= 0.3 is 0 Å². The molecule has 0 unspecified atom stereocenters. The standard InChI is InChI=1S/C13H12ClN3O2/c1-2-19-12-7-11(15-8-16-12)17-13(18)9-5-3-4-6-10(9)14/h3-8H,2H2,1H3,(H,15,16,17,18). The smallest absolute Gasteiger partial charge is 0.258 e. The number of ether oxygens (including phenoxy) is 1. The number of benzene rings is 1. The van der Waals surface area contributed by atoms with Crippen molar-refractivity contribution in [2.45, 2.75) is 6.92 Å². The fourth-order valence-corrected chi connectivity index (χ4v) is 1.69. The van der Waals surface area contributed by atoms with Crippen LogP contribution in [0.4, 0.5) is 5.82 Å². The van der Waals surface area contributed by atoms with E-state index >= 15 is 0 Å². The van der Waals surface area contributed by atoms with Crippen molar-refractivity contribution in [1.82, 2.24) is 9.97 Å². The summed E-state index contributed by atoms with van der Waals surface area (Å²) in [7, 11) is 0. The summed E-state index contributed by atoms with van der Waals surface area (Å²) in [5, 5.41) is 3.03. The average molecular weight is 278 g/mol. The zero-order valence-corrected chi connectivity index (χ0v) is 11.0. The molecule has 0 atom stereocenters. The fourth-order valence-electron chi connectivity index (χ4n) is 1.46. The topological polar surface area (TPSA) is 64.1 Å². The third kappa shape index (κ3) is 3.42. The third-order valence-corrected chi connectivity index (χ3v) is 2.62. The number of halogens is 1. The molecule has 6 heteroatoms. The lowest BCUT2D eigenvalue weighted by molar-refractivity contribution is 0.102. The molecule has 2 aromatic rings. The quantitative estimate of drug-likeness (QED) is 0.933. The Kier molecular flexibility index (Phi) is 4.30. The Labute approximate surface area is 115 Å². The zero-order chi connectivity index (χ0) is 13.7. The molecule has 0 fully saturated rings. The van der Waals surface area contributed by atoms with Crippen LogP contribution in [0, 0.1) is 0 Å². The van der Waals surface area contributed by atoms with Crippen molar-refractivity contribution < 1.29 is 9.53 Å². The molecule has 0 saturated heterocycles. The number of rotatable bonds is 4. The largest absolute Gasteiger partial charge is 0.478 e. The lowest BCUT2D eigenvalue weighted by Crippen LogP contribution is -2.13. The number of nitrogens with one attached hydrogen (secondary N) is 1. The number of carbonyl (C=O) groups is 1. The van der Waals surface area contributed by atoms with E-state index < -0.39 is 0 Å². The fraction of sp³-hybridized carbons (Fsp3) is 0.154. The third-order valence-electron chi connectivity index (χ3n) is 2.29. The number of carbonyl (C=O) groups excluding carboxylic acids is 1. The summed E-state index contributed by atoms with van der Waals surface area (Å²) in [4.78, 5) is 19.9. The van der Waals surface area contributed by atoms with Crippen LogP contribution in [0.3, 0.4) is 0 Å². The average Bonchev–Trinajstić information content (AvgIpc) is 2.40. The molecule has 0 spiro atoms. The molecule has 5 nitrogen and oxygen atoms in total. The van der Waals surface area contributed by atoms with Gasteiger partial charge in [0.1, 0.15) is 12.1 Å². The molecule has 1 aromatic heterocycles. The molecule has 0 bridgehead atoms. The van der Waals surface area contributed by atoms with E-state index in [2.05, 4.69) is 15.3 Å². The first-order valence-electron chi connectivity index (χ1n) is 5.71. The van der Waals surface area contributed by atoms with Gasteiger partial charge in [0.15, 0.2) is 0 Å². The Morgan fingerprint density at radius 2 is 2.16 bits per heavy atom. The van der Waals surface area contributed by atoms with Crippen LogP contribution < -0.4 is 10.1 Å². The highest BCUT2D eigenvalue weighted by Crippen LogP contribution is 2.17. The second kappa shape index (κ2) is 6.15. The van der Waals surface area contributed by atoms with Crippen LogP contribution >= 0.6 is 11.6 Å². The predicted octanol–water partition coefficient (Wildman–Crippen LogP) is 2.78. The first-order chi connectivity index (χ1) is 9.20. The lowest BCUT2D eigenvalue weighted by Gasteiger charge is -2.07. The first-order valence-corrected chi connectivity index (χ1v) is 6.09. The Hall–Kier alpha value is -2.14. The van der Waals surface area contributed by atoms with Crippen molar-refractivity contribution in [3.63, 3.8) is 0 Å². The molecular formula is C13H12ClN3O2. The van der Waals surface area contributed by atoms with Crippen LogP contribution in [0.5, 0.6) is 5.88 Å². The van der Waals surface area contributed by atoms with Gasteiger partial charge in [-0.1, -0.05) is 23.7 Å². The molecule has 0 aliphatic rings. The number of hydrogen-bond donors (Lipinski definition) is 1. The number of amides is 1. The van der Waals surface area contributed by atoms with Gasteiger partial charge in [-0.05, 0) is 19.1 Å². The molecule has 2 rings (SSSR count). The van der Waals surface area contributed by atoms with Gasteiger partial charge in [-0.2, -0.15) is 0 Å². The van der Waals surface area contributed by atoms with Crippen molar-refractivity contribution in [1.29, 1.82) is 0 Å². The van der Waals surface area contributed by atoms with Gasteiger partial charge in [0.05, 0.1) is 17.2 Å². The highest BCUT2D eigenvalue weighted by Gasteiger charge is 2.10. The highest BCUT2D eigenvalue weighted by molar-refractivity contribution is 6.34. The van der Waals surface area contributed by atoms with E-state index in [0.717, 1.165) is 0 Å². The van der Waals surface area contributed by atoms with Gasteiger partial charge in [0, 0.05) is 6.07 Å². The van der Waals surface area contributed by atoms with Gasteiger partial charge in [-0.15, -0.1) is 0 Å². The number of nitrogens with zero attached hydrogens (tertiary/aromatic N) is 2. The van der Waals surface area contributed by atoms with Crippen LogP contribution in [0.2, 0.25) is 5.02 Å². The lowest BCUT2D eigenvalue weighted by atomic mass is 10.2. The second-order valence-electron chi connectivity index (χ2n) is 3.61. The summed E-state index contributed by atoms with van der Waals surface area (Å²) in [6, 6.07) is 8.35. The number of anilines is 1. The second-order valence-corrected chi connectivity index (χ2v) is 4.02. The number of hydrogen-bond acceptors (Lipinski definition) is 4. The van der Waals surface area contributed by atoms with Crippen LogP contribution in [0.25, 0.3) is 0 Å². The van der Waals surface area contributed by atoms with Crippen molar-refractivity contribution in [3.05, 3.63) is 47.2 Å². The molecule has 0 aliphatic heterocycles. The van der Waals surface area contributed by atoms with E-state index in [-0.39, 0.29) is 5.91 Å². The normalized spacial score (nSPS) is 10.0.